The SMILES string of the molecule is COC[C@@]12COC([CH-]O1)[C@H]2OC.[U]. The first-order chi connectivity index (χ1) is 5.82. The molecule has 0 radical (unpaired) electrons. The van der Waals surface area contributed by atoms with Crippen molar-refractivity contribution in [1.82, 2.24) is 0 Å². The Morgan fingerprint density at radius 2 is 2.31 bits per heavy atom. The number of hydrogen-bond donors (Lipinski definition) is 0. The maximum Gasteiger partial charge on any atom is 0.109 e. The monoisotopic (exact) mass is 411 g/mol. The second-order valence-corrected chi connectivity index (χ2v) is 3.18. The third kappa shape index (κ3) is 1.83. The van der Waals surface area contributed by atoms with Crippen LogP contribution < -0.4 is 0 Å². The van der Waals surface area contributed by atoms with E-state index in [-0.39, 0.29) is 43.3 Å². The van der Waals surface area contributed by atoms with Crippen LogP contribution in [0.1, 0.15) is 0 Å². The van der Waals surface area contributed by atoms with E-state index in [9.17, 15) is 0 Å². The van der Waals surface area contributed by atoms with Gasteiger partial charge in [0.2, 0.25) is 0 Å². The summed E-state index contributed by atoms with van der Waals surface area (Å²) < 4.78 is 21.3. The number of methoxy groups -OCH3 is 2. The van der Waals surface area contributed by atoms with Crippen LogP contribution in [0.15, 0.2) is 0 Å². The summed E-state index contributed by atoms with van der Waals surface area (Å²) in [5.74, 6) is 0. The molecule has 2 fully saturated rings. The predicted molar refractivity (Wildman–Crippen MR) is 40.5 cm³/mol. The molecule has 2 heterocycles. The molecule has 5 heteroatoms. The van der Waals surface area contributed by atoms with Gasteiger partial charge in [-0.15, -0.1) is 0 Å². The van der Waals surface area contributed by atoms with E-state index in [0.717, 1.165) is 0 Å². The molecule has 0 spiro atoms. The van der Waals surface area contributed by atoms with E-state index in [1.165, 1.54) is 0 Å². The van der Waals surface area contributed by atoms with Gasteiger partial charge in [-0.2, -0.15) is 6.61 Å². The fourth-order valence-electron chi connectivity index (χ4n) is 1.87. The van der Waals surface area contributed by atoms with Gasteiger partial charge < -0.3 is 18.9 Å². The topological polar surface area (TPSA) is 36.9 Å². The van der Waals surface area contributed by atoms with Crippen LogP contribution in [0, 0.1) is 37.7 Å². The second kappa shape index (κ2) is 4.61. The molecule has 0 amide bonds. The van der Waals surface area contributed by atoms with Crippen LogP contribution in [-0.4, -0.2) is 45.2 Å². The standard InChI is InChI=1S/C8H13O4.U/c1-9-4-8-5-11-6(3-12-8)7(8)10-2;/h3,6-7H,4-5H2,1-2H3;/q-1;/t6?,7-,8+;/m1./s1. The van der Waals surface area contributed by atoms with Gasteiger partial charge in [-0.1, -0.05) is 0 Å². The van der Waals surface area contributed by atoms with Gasteiger partial charge in [0, 0.05) is 45.3 Å². The minimum atomic E-state index is -0.395. The molecule has 74 valence electrons. The molecule has 2 bridgehead atoms. The van der Waals surface area contributed by atoms with Crippen molar-refractivity contribution in [2.24, 2.45) is 0 Å². The van der Waals surface area contributed by atoms with Crippen LogP contribution in [0.5, 0.6) is 0 Å². The molecule has 3 atom stereocenters. The maximum absolute atomic E-state index is 5.48. The molecule has 2 aliphatic heterocycles. The van der Waals surface area contributed by atoms with Crippen molar-refractivity contribution < 1.29 is 50.1 Å². The van der Waals surface area contributed by atoms with E-state index in [0.29, 0.717) is 13.2 Å². The zero-order valence-electron chi connectivity index (χ0n) is 7.78. The van der Waals surface area contributed by atoms with Crippen LogP contribution in [0.3, 0.4) is 0 Å². The third-order valence-electron chi connectivity index (χ3n) is 2.42. The summed E-state index contributed by atoms with van der Waals surface area (Å²) in [6.45, 7) is 2.76. The summed E-state index contributed by atoms with van der Waals surface area (Å²) in [7, 11) is 3.32. The predicted octanol–water partition coefficient (Wildman–Crippen LogP) is -0.0226. The molecule has 0 saturated carbocycles. The van der Waals surface area contributed by atoms with Crippen LogP contribution >= 0.6 is 0 Å². The Balaban J connectivity index is 0.000000845. The fourth-order valence-corrected chi connectivity index (χ4v) is 1.87. The number of fused-ring (bicyclic) bond motifs is 2. The van der Waals surface area contributed by atoms with Crippen LogP contribution in [0.2, 0.25) is 0 Å². The molecular formula is C8H13O4U-. The Bertz CT molecular complexity index is 168. The van der Waals surface area contributed by atoms with Gasteiger partial charge in [0.25, 0.3) is 0 Å². The van der Waals surface area contributed by atoms with Crippen molar-refractivity contribution in [3.8, 4) is 0 Å². The van der Waals surface area contributed by atoms with E-state index in [1.54, 1.807) is 20.8 Å². The quantitative estimate of drug-likeness (QED) is 0.612. The van der Waals surface area contributed by atoms with Crippen molar-refractivity contribution in [2.75, 3.05) is 27.4 Å². The van der Waals surface area contributed by atoms with E-state index in [1.807, 2.05) is 0 Å². The van der Waals surface area contributed by atoms with E-state index < -0.39 is 5.60 Å². The van der Waals surface area contributed by atoms with Crippen molar-refractivity contribution >= 4 is 0 Å². The Morgan fingerprint density at radius 3 is 2.77 bits per heavy atom. The summed E-state index contributed by atoms with van der Waals surface area (Å²) >= 11 is 0. The average Bonchev–Trinajstić information content (AvgIpc) is 2.58. The first-order valence-electron chi connectivity index (χ1n) is 3.97. The normalized spacial score (nSPS) is 42.0. The van der Waals surface area contributed by atoms with Gasteiger partial charge in [0.1, 0.15) is 5.60 Å². The number of ether oxygens (including phenoxy) is 4. The first kappa shape index (κ1) is 12.0. The average molecular weight is 411 g/mol. The second-order valence-electron chi connectivity index (χ2n) is 3.18. The Hall–Kier alpha value is 0.892. The van der Waals surface area contributed by atoms with Gasteiger partial charge in [-0.05, 0) is 6.10 Å². The van der Waals surface area contributed by atoms with Crippen LogP contribution in [0.25, 0.3) is 0 Å². The summed E-state index contributed by atoms with van der Waals surface area (Å²) in [5, 5.41) is 0. The van der Waals surface area contributed by atoms with Crippen molar-refractivity contribution in [3.05, 3.63) is 6.61 Å². The van der Waals surface area contributed by atoms with Crippen LogP contribution in [-0.2, 0) is 18.9 Å². The Labute approximate surface area is 102 Å². The Kier molecular flexibility index (Phi) is 4.24. The van der Waals surface area contributed by atoms with Gasteiger partial charge in [0.15, 0.2) is 0 Å². The minimum absolute atomic E-state index is 0. The zero-order chi connectivity index (χ0) is 8.60. The minimum Gasteiger partial charge on any atom is -0.540 e. The van der Waals surface area contributed by atoms with E-state index in [4.69, 9.17) is 18.9 Å². The summed E-state index contributed by atoms with van der Waals surface area (Å²) in [6, 6.07) is 0. The van der Waals surface area contributed by atoms with Gasteiger partial charge in [0.05, 0.1) is 19.3 Å². The van der Waals surface area contributed by atoms with Gasteiger partial charge in [-0.3, -0.25) is 0 Å². The zero-order valence-corrected chi connectivity index (χ0v) is 11.9. The fraction of sp³-hybridized carbons (Fsp3) is 0.875. The number of rotatable bonds is 3. The molecule has 0 aromatic heterocycles. The molecular weight excluding hydrogens is 398 g/mol. The summed E-state index contributed by atoms with van der Waals surface area (Å²) in [4.78, 5) is 0. The molecule has 4 nitrogen and oxygen atoms in total. The summed E-state index contributed by atoms with van der Waals surface area (Å²) in [6.07, 6.45) is -0.0393. The molecule has 2 rings (SSSR count). The van der Waals surface area contributed by atoms with Gasteiger partial charge in [-0.25, -0.2) is 0 Å². The number of hydrogen-bond acceptors (Lipinski definition) is 4. The van der Waals surface area contributed by atoms with Crippen LogP contribution in [0.4, 0.5) is 0 Å². The molecule has 13 heavy (non-hydrogen) atoms. The molecule has 2 saturated heterocycles. The van der Waals surface area contributed by atoms with Gasteiger partial charge >= 0.3 is 0 Å². The van der Waals surface area contributed by atoms with Crippen molar-refractivity contribution in [3.63, 3.8) is 0 Å². The molecule has 0 N–H and O–H groups in total. The summed E-state index contributed by atoms with van der Waals surface area (Å²) in [5.41, 5.74) is -0.395. The van der Waals surface area contributed by atoms with E-state index >= 15 is 0 Å². The molecule has 2 aliphatic rings. The van der Waals surface area contributed by atoms with Crippen molar-refractivity contribution in [1.29, 1.82) is 0 Å². The largest absolute Gasteiger partial charge is 0.540 e. The molecule has 0 aromatic rings. The third-order valence-corrected chi connectivity index (χ3v) is 2.42. The molecule has 1 unspecified atom stereocenters. The molecule has 0 aliphatic carbocycles. The smallest absolute Gasteiger partial charge is 0.109 e. The first-order valence-corrected chi connectivity index (χ1v) is 3.97. The van der Waals surface area contributed by atoms with E-state index in [2.05, 4.69) is 0 Å². The molecule has 0 aromatic carbocycles. The maximum atomic E-state index is 5.48. The Morgan fingerprint density at radius 1 is 1.54 bits per heavy atom. The van der Waals surface area contributed by atoms with Crippen molar-refractivity contribution in [2.45, 2.75) is 17.8 Å².